The van der Waals surface area contributed by atoms with E-state index in [1.165, 1.54) is 0 Å². The largest absolute Gasteiger partial charge is 0.394 e. The van der Waals surface area contributed by atoms with Crippen LogP contribution >= 0.6 is 0 Å². The number of anilines is 1. The highest BCUT2D eigenvalue weighted by Gasteiger charge is 2.33. The van der Waals surface area contributed by atoms with E-state index < -0.39 is 12.2 Å². The Balaban J connectivity index is 1.92. The molecule has 15 heavy (non-hydrogen) atoms. The Morgan fingerprint density at radius 1 is 1.33 bits per heavy atom. The van der Waals surface area contributed by atoms with Crippen molar-refractivity contribution >= 4 is 5.69 Å². The van der Waals surface area contributed by atoms with Crippen LogP contribution in [-0.4, -0.2) is 35.3 Å². The SMILES string of the molecule is OC[C@@H]1O[C@H](Nc2ccccc2)C[C@H]1O. The second-order valence-electron chi connectivity index (χ2n) is 3.66. The molecule has 3 N–H and O–H groups in total. The van der Waals surface area contributed by atoms with Gasteiger partial charge in [0.25, 0.3) is 0 Å². The fourth-order valence-electron chi connectivity index (χ4n) is 1.71. The van der Waals surface area contributed by atoms with Gasteiger partial charge in [-0.15, -0.1) is 0 Å². The molecule has 1 aromatic rings. The van der Waals surface area contributed by atoms with Gasteiger partial charge in [0.2, 0.25) is 0 Å². The molecule has 4 heteroatoms. The van der Waals surface area contributed by atoms with Crippen molar-refractivity contribution in [3.05, 3.63) is 30.3 Å². The van der Waals surface area contributed by atoms with E-state index in [1.807, 2.05) is 30.3 Å². The van der Waals surface area contributed by atoms with E-state index in [2.05, 4.69) is 5.32 Å². The molecule has 1 saturated heterocycles. The van der Waals surface area contributed by atoms with Crippen LogP contribution in [0.15, 0.2) is 30.3 Å². The Labute approximate surface area is 88.5 Å². The van der Waals surface area contributed by atoms with Gasteiger partial charge in [-0.3, -0.25) is 0 Å². The molecule has 4 nitrogen and oxygen atoms in total. The second-order valence-corrected chi connectivity index (χ2v) is 3.66. The van der Waals surface area contributed by atoms with Crippen LogP contribution in [0.3, 0.4) is 0 Å². The smallest absolute Gasteiger partial charge is 0.130 e. The molecule has 0 unspecified atom stereocenters. The highest BCUT2D eigenvalue weighted by Crippen LogP contribution is 2.21. The summed E-state index contributed by atoms with van der Waals surface area (Å²) in [4.78, 5) is 0. The average molecular weight is 209 g/mol. The van der Waals surface area contributed by atoms with Crippen LogP contribution in [0.5, 0.6) is 0 Å². The Bertz CT molecular complexity index is 304. The molecule has 0 aromatic heterocycles. The third kappa shape index (κ3) is 2.47. The Morgan fingerprint density at radius 3 is 2.67 bits per heavy atom. The minimum absolute atomic E-state index is 0.145. The summed E-state index contributed by atoms with van der Waals surface area (Å²) in [6.45, 7) is -0.145. The lowest BCUT2D eigenvalue weighted by Gasteiger charge is -2.14. The zero-order chi connectivity index (χ0) is 10.7. The summed E-state index contributed by atoms with van der Waals surface area (Å²) < 4.78 is 5.42. The van der Waals surface area contributed by atoms with Gasteiger partial charge in [-0.2, -0.15) is 0 Å². The molecule has 0 amide bonds. The third-order valence-electron chi connectivity index (χ3n) is 2.51. The van der Waals surface area contributed by atoms with Crippen molar-refractivity contribution in [2.75, 3.05) is 11.9 Å². The minimum Gasteiger partial charge on any atom is -0.394 e. The number of benzene rings is 1. The monoisotopic (exact) mass is 209 g/mol. The van der Waals surface area contributed by atoms with E-state index in [9.17, 15) is 5.11 Å². The predicted octanol–water partition coefficient (Wildman–Crippen LogP) is 0.567. The molecule has 3 atom stereocenters. The fourth-order valence-corrected chi connectivity index (χ4v) is 1.71. The van der Waals surface area contributed by atoms with Crippen LogP contribution in [-0.2, 0) is 4.74 Å². The van der Waals surface area contributed by atoms with Crippen molar-refractivity contribution in [1.82, 2.24) is 0 Å². The van der Waals surface area contributed by atoms with Gasteiger partial charge >= 0.3 is 0 Å². The van der Waals surface area contributed by atoms with E-state index in [4.69, 9.17) is 9.84 Å². The van der Waals surface area contributed by atoms with Crippen LogP contribution in [0, 0.1) is 0 Å². The molecule has 0 saturated carbocycles. The highest BCUT2D eigenvalue weighted by atomic mass is 16.5. The standard InChI is InChI=1S/C11H15NO3/c13-7-10-9(14)6-11(15-10)12-8-4-2-1-3-5-8/h1-5,9-14H,6-7H2/t9-,10+,11+/m1/s1. The second kappa shape index (κ2) is 4.61. The molecule has 1 aliphatic heterocycles. The van der Waals surface area contributed by atoms with Crippen LogP contribution in [0.25, 0.3) is 0 Å². The number of aliphatic hydroxyl groups is 2. The quantitative estimate of drug-likeness (QED) is 0.681. The molecule has 82 valence electrons. The van der Waals surface area contributed by atoms with Gasteiger partial charge in [0, 0.05) is 12.1 Å². The van der Waals surface area contributed by atoms with Crippen LogP contribution in [0.1, 0.15) is 6.42 Å². The van der Waals surface area contributed by atoms with Gasteiger partial charge in [-0.25, -0.2) is 0 Å². The summed E-state index contributed by atoms with van der Waals surface area (Å²) in [7, 11) is 0. The maximum atomic E-state index is 9.51. The number of nitrogens with one attached hydrogen (secondary N) is 1. The molecule has 0 radical (unpaired) electrons. The topological polar surface area (TPSA) is 61.7 Å². The van der Waals surface area contributed by atoms with Crippen LogP contribution in [0.2, 0.25) is 0 Å². The molecular formula is C11H15NO3. The number of aliphatic hydroxyl groups excluding tert-OH is 2. The number of hydrogen-bond donors (Lipinski definition) is 3. The summed E-state index contributed by atoms with van der Waals surface area (Å²) in [5.74, 6) is 0. The number of hydrogen-bond acceptors (Lipinski definition) is 4. The van der Waals surface area contributed by atoms with E-state index in [1.54, 1.807) is 0 Å². The summed E-state index contributed by atoms with van der Waals surface area (Å²) in [5, 5.41) is 21.6. The van der Waals surface area contributed by atoms with Gasteiger partial charge in [-0.05, 0) is 12.1 Å². The minimum atomic E-state index is -0.587. The first kappa shape index (κ1) is 10.4. The van der Waals surface area contributed by atoms with Crippen molar-refractivity contribution in [3.8, 4) is 0 Å². The van der Waals surface area contributed by atoms with Crippen LogP contribution in [0.4, 0.5) is 5.69 Å². The van der Waals surface area contributed by atoms with E-state index >= 15 is 0 Å². The van der Waals surface area contributed by atoms with Gasteiger partial charge in [0.15, 0.2) is 0 Å². The molecule has 0 aliphatic carbocycles. The molecule has 1 heterocycles. The van der Waals surface area contributed by atoms with E-state index in [-0.39, 0.29) is 12.8 Å². The van der Waals surface area contributed by atoms with E-state index in [0.717, 1.165) is 5.69 Å². The zero-order valence-electron chi connectivity index (χ0n) is 8.34. The Morgan fingerprint density at radius 2 is 2.07 bits per heavy atom. The van der Waals surface area contributed by atoms with Crippen molar-refractivity contribution in [2.24, 2.45) is 0 Å². The van der Waals surface area contributed by atoms with Gasteiger partial charge in [0.05, 0.1) is 12.7 Å². The van der Waals surface area contributed by atoms with Gasteiger partial charge < -0.3 is 20.3 Å². The normalized spacial score (nSPS) is 30.4. The number of ether oxygens (including phenoxy) is 1. The van der Waals surface area contributed by atoms with E-state index in [0.29, 0.717) is 6.42 Å². The first-order valence-corrected chi connectivity index (χ1v) is 5.05. The summed E-state index contributed by atoms with van der Waals surface area (Å²) in [6.07, 6.45) is -0.776. The highest BCUT2D eigenvalue weighted by molar-refractivity contribution is 5.43. The fraction of sp³-hybridized carbons (Fsp3) is 0.455. The average Bonchev–Trinajstić information content (AvgIpc) is 2.60. The van der Waals surface area contributed by atoms with Crippen molar-refractivity contribution in [1.29, 1.82) is 0 Å². The lowest BCUT2D eigenvalue weighted by molar-refractivity contribution is -0.0149. The Hall–Kier alpha value is -1.10. The van der Waals surface area contributed by atoms with Crippen molar-refractivity contribution in [2.45, 2.75) is 24.9 Å². The first-order chi connectivity index (χ1) is 7.29. The lowest BCUT2D eigenvalue weighted by Crippen LogP contribution is -2.25. The third-order valence-corrected chi connectivity index (χ3v) is 2.51. The molecular weight excluding hydrogens is 194 g/mol. The van der Waals surface area contributed by atoms with Gasteiger partial charge in [0.1, 0.15) is 12.3 Å². The molecule has 0 bridgehead atoms. The van der Waals surface area contributed by atoms with Crippen molar-refractivity contribution < 1.29 is 14.9 Å². The molecule has 1 aromatic carbocycles. The predicted molar refractivity (Wildman–Crippen MR) is 56.4 cm³/mol. The van der Waals surface area contributed by atoms with Gasteiger partial charge in [-0.1, -0.05) is 18.2 Å². The van der Waals surface area contributed by atoms with Crippen LogP contribution < -0.4 is 5.32 Å². The molecule has 1 aliphatic rings. The lowest BCUT2D eigenvalue weighted by atomic mass is 10.2. The van der Waals surface area contributed by atoms with Crippen molar-refractivity contribution in [3.63, 3.8) is 0 Å². The summed E-state index contributed by atoms with van der Waals surface area (Å²) in [6, 6.07) is 9.66. The maximum absolute atomic E-state index is 9.51. The molecule has 0 spiro atoms. The number of rotatable bonds is 3. The Kier molecular flexibility index (Phi) is 3.20. The molecule has 1 fully saturated rings. The first-order valence-electron chi connectivity index (χ1n) is 5.05. The number of para-hydroxylation sites is 1. The maximum Gasteiger partial charge on any atom is 0.130 e. The summed E-state index contributed by atoms with van der Waals surface area (Å²) in [5.41, 5.74) is 0.952. The zero-order valence-corrected chi connectivity index (χ0v) is 8.34. The molecule has 2 rings (SSSR count). The summed E-state index contributed by atoms with van der Waals surface area (Å²) >= 11 is 0.